The van der Waals surface area contributed by atoms with Gasteiger partial charge in [0.15, 0.2) is 0 Å². The lowest BCUT2D eigenvalue weighted by atomic mass is 10.3. The van der Waals surface area contributed by atoms with E-state index in [2.05, 4.69) is 22.7 Å². The number of carbonyl (C=O) groups is 1. The number of rotatable bonds is 8. The number of carbonyl (C=O) groups excluding carboxylic acids is 1. The van der Waals surface area contributed by atoms with Crippen LogP contribution in [0.15, 0.2) is 12.3 Å². The molecular formula is C13H22N4O. The number of nitrogens with zero attached hydrogens (tertiary/aromatic N) is 2. The van der Waals surface area contributed by atoms with Gasteiger partial charge in [-0.15, -0.1) is 0 Å². The van der Waals surface area contributed by atoms with E-state index in [0.717, 1.165) is 38.9 Å². The summed E-state index contributed by atoms with van der Waals surface area (Å²) in [6.07, 6.45) is 5.76. The van der Waals surface area contributed by atoms with Crippen LogP contribution in [0.5, 0.6) is 0 Å². The van der Waals surface area contributed by atoms with Gasteiger partial charge in [0, 0.05) is 38.3 Å². The van der Waals surface area contributed by atoms with Gasteiger partial charge in [-0.25, -0.2) is 0 Å². The third-order valence-electron chi connectivity index (χ3n) is 3.02. The number of hydrogen-bond donors (Lipinski definition) is 2. The Hall–Kier alpha value is -1.36. The molecule has 5 heteroatoms. The molecule has 1 aromatic rings. The molecule has 0 radical (unpaired) electrons. The standard InChI is InChI=1S/C13H22N4O/c1-2-9-17-12(5-8-15-17)10-14-7-6-13(18)16-11-3-4-11/h5,8,11,14H,2-4,6-7,9-10H2,1H3,(H,16,18). The average Bonchev–Trinajstić information content (AvgIpc) is 3.05. The Bertz CT molecular complexity index is 384. The van der Waals surface area contributed by atoms with Gasteiger partial charge in [0.2, 0.25) is 5.91 Å². The van der Waals surface area contributed by atoms with Crippen molar-refractivity contribution >= 4 is 5.91 Å². The summed E-state index contributed by atoms with van der Waals surface area (Å²) in [7, 11) is 0. The van der Waals surface area contributed by atoms with E-state index >= 15 is 0 Å². The molecule has 1 heterocycles. The van der Waals surface area contributed by atoms with Crippen molar-refractivity contribution in [2.75, 3.05) is 6.54 Å². The Morgan fingerprint density at radius 2 is 2.39 bits per heavy atom. The molecule has 100 valence electrons. The number of aromatic nitrogens is 2. The second-order valence-corrected chi connectivity index (χ2v) is 4.81. The van der Waals surface area contributed by atoms with Crippen molar-refractivity contribution in [1.82, 2.24) is 20.4 Å². The molecule has 0 aliphatic heterocycles. The van der Waals surface area contributed by atoms with Gasteiger partial charge in [-0.05, 0) is 25.3 Å². The number of hydrogen-bond acceptors (Lipinski definition) is 3. The minimum Gasteiger partial charge on any atom is -0.353 e. The molecule has 1 aliphatic rings. The molecule has 0 saturated heterocycles. The predicted octanol–water partition coefficient (Wildman–Crippen LogP) is 1.05. The van der Waals surface area contributed by atoms with Gasteiger partial charge in [0.1, 0.15) is 0 Å². The van der Waals surface area contributed by atoms with E-state index in [0.29, 0.717) is 12.5 Å². The Morgan fingerprint density at radius 1 is 1.56 bits per heavy atom. The minimum atomic E-state index is 0.159. The van der Waals surface area contributed by atoms with Crippen molar-refractivity contribution in [3.05, 3.63) is 18.0 Å². The fraction of sp³-hybridized carbons (Fsp3) is 0.692. The number of nitrogens with one attached hydrogen (secondary N) is 2. The fourth-order valence-electron chi connectivity index (χ4n) is 1.87. The maximum Gasteiger partial charge on any atom is 0.221 e. The zero-order valence-electron chi connectivity index (χ0n) is 11.0. The number of aryl methyl sites for hydroxylation is 1. The zero-order chi connectivity index (χ0) is 12.8. The van der Waals surface area contributed by atoms with Crippen molar-refractivity contribution in [1.29, 1.82) is 0 Å². The summed E-state index contributed by atoms with van der Waals surface area (Å²) in [5, 5.41) is 10.5. The van der Waals surface area contributed by atoms with Gasteiger partial charge in [0.05, 0.1) is 5.69 Å². The van der Waals surface area contributed by atoms with E-state index in [-0.39, 0.29) is 5.91 Å². The summed E-state index contributed by atoms with van der Waals surface area (Å²) < 4.78 is 2.01. The van der Waals surface area contributed by atoms with Crippen LogP contribution in [-0.2, 0) is 17.9 Å². The maximum atomic E-state index is 11.5. The van der Waals surface area contributed by atoms with Gasteiger partial charge < -0.3 is 10.6 Å². The lowest BCUT2D eigenvalue weighted by Crippen LogP contribution is -2.29. The summed E-state index contributed by atoms with van der Waals surface area (Å²) >= 11 is 0. The molecule has 18 heavy (non-hydrogen) atoms. The molecule has 0 unspecified atom stereocenters. The number of amides is 1. The first-order valence-electron chi connectivity index (χ1n) is 6.80. The normalized spacial score (nSPS) is 14.7. The van der Waals surface area contributed by atoms with Crippen molar-refractivity contribution in [2.45, 2.75) is 51.7 Å². The largest absolute Gasteiger partial charge is 0.353 e. The highest BCUT2D eigenvalue weighted by Gasteiger charge is 2.22. The first-order chi connectivity index (χ1) is 8.79. The van der Waals surface area contributed by atoms with Crippen molar-refractivity contribution in [3.63, 3.8) is 0 Å². The summed E-state index contributed by atoms with van der Waals surface area (Å²) in [6.45, 7) is 4.58. The third kappa shape index (κ3) is 4.14. The molecule has 0 aromatic carbocycles. The highest BCUT2D eigenvalue weighted by Crippen LogP contribution is 2.18. The molecule has 2 rings (SSSR count). The Balaban J connectivity index is 1.61. The zero-order valence-corrected chi connectivity index (χ0v) is 11.0. The molecular weight excluding hydrogens is 228 g/mol. The van der Waals surface area contributed by atoms with E-state index in [4.69, 9.17) is 0 Å². The summed E-state index contributed by atoms with van der Waals surface area (Å²) in [4.78, 5) is 11.5. The SMILES string of the molecule is CCCn1nccc1CNCCC(=O)NC1CC1. The first-order valence-corrected chi connectivity index (χ1v) is 6.80. The molecule has 2 N–H and O–H groups in total. The summed E-state index contributed by atoms with van der Waals surface area (Å²) in [6, 6.07) is 2.48. The Labute approximate surface area is 108 Å². The molecule has 0 atom stereocenters. The second-order valence-electron chi connectivity index (χ2n) is 4.81. The molecule has 5 nitrogen and oxygen atoms in total. The minimum absolute atomic E-state index is 0.159. The predicted molar refractivity (Wildman–Crippen MR) is 70.0 cm³/mol. The van der Waals surface area contributed by atoms with Gasteiger partial charge in [0.25, 0.3) is 0 Å². The lowest BCUT2D eigenvalue weighted by molar-refractivity contribution is -0.121. The summed E-state index contributed by atoms with van der Waals surface area (Å²) in [5.74, 6) is 0.159. The van der Waals surface area contributed by atoms with Gasteiger partial charge in [-0.2, -0.15) is 5.10 Å². The van der Waals surface area contributed by atoms with Crippen LogP contribution in [0.3, 0.4) is 0 Å². The smallest absolute Gasteiger partial charge is 0.221 e. The highest BCUT2D eigenvalue weighted by molar-refractivity contribution is 5.76. The van der Waals surface area contributed by atoms with Gasteiger partial charge in [-0.3, -0.25) is 9.48 Å². The Kier molecular flexibility index (Phi) is 4.75. The molecule has 1 fully saturated rings. The Morgan fingerprint density at radius 3 is 3.11 bits per heavy atom. The highest BCUT2D eigenvalue weighted by atomic mass is 16.1. The molecule has 1 aromatic heterocycles. The molecule has 1 aliphatic carbocycles. The van der Waals surface area contributed by atoms with Crippen LogP contribution in [0.2, 0.25) is 0 Å². The van der Waals surface area contributed by atoms with Crippen LogP contribution in [0, 0.1) is 0 Å². The van der Waals surface area contributed by atoms with E-state index in [9.17, 15) is 4.79 Å². The molecule has 1 amide bonds. The van der Waals surface area contributed by atoms with E-state index in [1.807, 2.05) is 16.9 Å². The van der Waals surface area contributed by atoms with Crippen LogP contribution in [0.25, 0.3) is 0 Å². The van der Waals surface area contributed by atoms with Crippen LogP contribution in [0.4, 0.5) is 0 Å². The van der Waals surface area contributed by atoms with Crippen LogP contribution >= 0.6 is 0 Å². The van der Waals surface area contributed by atoms with Crippen molar-refractivity contribution < 1.29 is 4.79 Å². The monoisotopic (exact) mass is 250 g/mol. The topological polar surface area (TPSA) is 59.0 Å². The maximum absolute atomic E-state index is 11.5. The molecule has 0 bridgehead atoms. The van der Waals surface area contributed by atoms with Crippen molar-refractivity contribution in [3.8, 4) is 0 Å². The van der Waals surface area contributed by atoms with E-state index < -0.39 is 0 Å². The van der Waals surface area contributed by atoms with E-state index in [1.54, 1.807) is 0 Å². The first kappa shape index (κ1) is 13.1. The summed E-state index contributed by atoms with van der Waals surface area (Å²) in [5.41, 5.74) is 1.18. The van der Waals surface area contributed by atoms with Crippen LogP contribution < -0.4 is 10.6 Å². The molecule has 1 saturated carbocycles. The third-order valence-corrected chi connectivity index (χ3v) is 3.02. The van der Waals surface area contributed by atoms with Crippen LogP contribution in [0.1, 0.15) is 38.3 Å². The average molecular weight is 250 g/mol. The van der Waals surface area contributed by atoms with E-state index in [1.165, 1.54) is 5.69 Å². The van der Waals surface area contributed by atoms with Gasteiger partial charge in [-0.1, -0.05) is 6.92 Å². The quantitative estimate of drug-likeness (QED) is 0.678. The van der Waals surface area contributed by atoms with Gasteiger partial charge >= 0.3 is 0 Å². The molecule has 0 spiro atoms. The fourth-order valence-corrected chi connectivity index (χ4v) is 1.87. The van der Waals surface area contributed by atoms with Crippen molar-refractivity contribution in [2.24, 2.45) is 0 Å². The lowest BCUT2D eigenvalue weighted by Gasteiger charge is -2.08. The van der Waals surface area contributed by atoms with Crippen LogP contribution in [-0.4, -0.2) is 28.3 Å². The second kappa shape index (κ2) is 6.54.